The number of aromatic nitrogens is 3. The van der Waals surface area contributed by atoms with E-state index in [1.54, 1.807) is 6.20 Å². The molecule has 2 aliphatic rings. The number of likely N-dealkylation sites (tertiary alicyclic amines) is 1. The molecule has 0 aromatic carbocycles. The van der Waals surface area contributed by atoms with Crippen molar-refractivity contribution in [1.82, 2.24) is 24.8 Å². The van der Waals surface area contributed by atoms with Crippen LogP contribution in [0.1, 0.15) is 24.8 Å². The Morgan fingerprint density at radius 3 is 2.62 bits per heavy atom. The van der Waals surface area contributed by atoms with E-state index in [1.807, 2.05) is 30.6 Å². The van der Waals surface area contributed by atoms with Crippen LogP contribution in [0.4, 0.5) is 0 Å². The fraction of sp³-hybridized carbons (Fsp3) is 0.550. The monoisotopic (exact) mass is 353 g/mol. The van der Waals surface area contributed by atoms with Gasteiger partial charge in [0.2, 0.25) is 0 Å². The van der Waals surface area contributed by atoms with Crippen molar-refractivity contribution in [2.24, 2.45) is 0 Å². The zero-order valence-corrected chi connectivity index (χ0v) is 15.3. The number of rotatable bonds is 5. The van der Waals surface area contributed by atoms with Gasteiger partial charge in [-0.1, -0.05) is 12.5 Å². The molecule has 6 heteroatoms. The highest BCUT2D eigenvalue weighted by molar-refractivity contribution is 5.47. The summed E-state index contributed by atoms with van der Waals surface area (Å²) >= 11 is 0. The number of morpholine rings is 1. The maximum atomic E-state index is 5.48. The quantitative estimate of drug-likeness (QED) is 0.822. The van der Waals surface area contributed by atoms with Crippen molar-refractivity contribution in [2.75, 3.05) is 39.4 Å². The summed E-state index contributed by atoms with van der Waals surface area (Å²) in [4.78, 5) is 18.5. The number of piperidine rings is 1. The molecule has 0 aliphatic carbocycles. The van der Waals surface area contributed by atoms with Crippen LogP contribution in [0.3, 0.4) is 0 Å². The van der Waals surface area contributed by atoms with Gasteiger partial charge >= 0.3 is 0 Å². The van der Waals surface area contributed by atoms with Gasteiger partial charge in [0.1, 0.15) is 5.69 Å². The van der Waals surface area contributed by atoms with Crippen LogP contribution in [0, 0.1) is 0 Å². The van der Waals surface area contributed by atoms with Gasteiger partial charge in [0, 0.05) is 56.4 Å². The van der Waals surface area contributed by atoms with Crippen molar-refractivity contribution < 1.29 is 4.74 Å². The Labute approximate surface area is 155 Å². The van der Waals surface area contributed by atoms with E-state index in [1.165, 1.54) is 24.8 Å². The lowest BCUT2D eigenvalue weighted by Crippen LogP contribution is -2.49. The lowest BCUT2D eigenvalue weighted by Gasteiger charge is -2.39. The fourth-order valence-corrected chi connectivity index (χ4v) is 3.85. The van der Waals surface area contributed by atoms with E-state index in [2.05, 4.69) is 24.8 Å². The molecule has 0 radical (unpaired) electrons. The number of ether oxygens (including phenoxy) is 1. The lowest BCUT2D eigenvalue weighted by molar-refractivity contribution is 0.0153. The number of pyridine rings is 1. The maximum Gasteiger partial charge on any atom is 0.178 e. The highest BCUT2D eigenvalue weighted by Gasteiger charge is 2.25. The van der Waals surface area contributed by atoms with Gasteiger partial charge < -0.3 is 4.74 Å². The minimum Gasteiger partial charge on any atom is -0.379 e. The molecular weight excluding hydrogens is 326 g/mol. The molecule has 2 fully saturated rings. The van der Waals surface area contributed by atoms with E-state index in [9.17, 15) is 0 Å². The van der Waals surface area contributed by atoms with Gasteiger partial charge in [0.05, 0.1) is 13.2 Å². The Hall–Kier alpha value is -1.89. The Bertz CT molecular complexity index is 672. The molecule has 0 saturated carbocycles. The van der Waals surface area contributed by atoms with Crippen LogP contribution in [-0.2, 0) is 11.3 Å². The van der Waals surface area contributed by atoms with E-state index < -0.39 is 0 Å². The van der Waals surface area contributed by atoms with Crippen LogP contribution < -0.4 is 0 Å². The summed E-state index contributed by atoms with van der Waals surface area (Å²) < 4.78 is 5.48. The Balaban J connectivity index is 1.39. The van der Waals surface area contributed by atoms with Gasteiger partial charge in [0.25, 0.3) is 0 Å². The van der Waals surface area contributed by atoms with Crippen molar-refractivity contribution in [3.8, 4) is 11.5 Å². The first-order valence-electron chi connectivity index (χ1n) is 9.65. The van der Waals surface area contributed by atoms with Crippen molar-refractivity contribution in [3.05, 3.63) is 42.4 Å². The summed E-state index contributed by atoms with van der Waals surface area (Å²) in [7, 11) is 0. The van der Waals surface area contributed by atoms with Gasteiger partial charge in [0.15, 0.2) is 5.82 Å². The average Bonchev–Trinajstić information content (AvgIpc) is 2.72. The number of hydrogen-bond donors (Lipinski definition) is 0. The second kappa shape index (κ2) is 8.66. The first kappa shape index (κ1) is 17.5. The first-order valence-corrected chi connectivity index (χ1v) is 9.65. The lowest BCUT2D eigenvalue weighted by atomic mass is 10.0. The molecule has 138 valence electrons. The molecule has 26 heavy (non-hydrogen) atoms. The van der Waals surface area contributed by atoms with Crippen LogP contribution >= 0.6 is 0 Å². The topological polar surface area (TPSA) is 54.4 Å². The molecule has 0 bridgehead atoms. The van der Waals surface area contributed by atoms with E-state index in [0.29, 0.717) is 11.9 Å². The third kappa shape index (κ3) is 4.44. The Morgan fingerprint density at radius 1 is 1.00 bits per heavy atom. The normalized spacial score (nSPS) is 22.4. The molecule has 6 nitrogen and oxygen atoms in total. The summed E-state index contributed by atoms with van der Waals surface area (Å²) in [6, 6.07) is 6.43. The summed E-state index contributed by atoms with van der Waals surface area (Å²) in [5.41, 5.74) is 2.00. The van der Waals surface area contributed by atoms with Crippen molar-refractivity contribution in [2.45, 2.75) is 31.8 Å². The van der Waals surface area contributed by atoms with Gasteiger partial charge in [-0.25, -0.2) is 9.97 Å². The molecule has 2 aromatic rings. The maximum absolute atomic E-state index is 5.48. The SMILES string of the molecule is c1ccc(-c2ncc(CN3CCCC[C@H]3CN3CCOCC3)cn2)nc1. The Kier molecular flexibility index (Phi) is 5.84. The predicted octanol–water partition coefficient (Wildman–Crippen LogP) is 2.23. The zero-order chi connectivity index (χ0) is 17.6. The average molecular weight is 353 g/mol. The molecule has 2 aliphatic heterocycles. The zero-order valence-electron chi connectivity index (χ0n) is 15.3. The van der Waals surface area contributed by atoms with E-state index in [-0.39, 0.29) is 0 Å². The molecule has 0 amide bonds. The van der Waals surface area contributed by atoms with Crippen LogP contribution in [0.25, 0.3) is 11.5 Å². The number of hydrogen-bond acceptors (Lipinski definition) is 6. The van der Waals surface area contributed by atoms with Crippen LogP contribution in [0.5, 0.6) is 0 Å². The van der Waals surface area contributed by atoms with Crippen molar-refractivity contribution >= 4 is 0 Å². The molecular formula is C20H27N5O. The molecule has 0 spiro atoms. The van der Waals surface area contributed by atoms with Crippen molar-refractivity contribution in [1.29, 1.82) is 0 Å². The molecule has 0 N–H and O–H groups in total. The minimum absolute atomic E-state index is 0.623. The highest BCUT2D eigenvalue weighted by atomic mass is 16.5. The molecule has 2 aromatic heterocycles. The van der Waals surface area contributed by atoms with E-state index in [4.69, 9.17) is 4.74 Å². The molecule has 0 unspecified atom stereocenters. The summed E-state index contributed by atoms with van der Waals surface area (Å²) in [5, 5.41) is 0. The van der Waals surface area contributed by atoms with E-state index >= 15 is 0 Å². The fourth-order valence-electron chi connectivity index (χ4n) is 3.85. The smallest absolute Gasteiger partial charge is 0.178 e. The van der Waals surface area contributed by atoms with Gasteiger partial charge in [-0.2, -0.15) is 0 Å². The van der Waals surface area contributed by atoms with Crippen LogP contribution in [0.15, 0.2) is 36.8 Å². The minimum atomic E-state index is 0.623. The third-order valence-electron chi connectivity index (χ3n) is 5.31. The molecule has 4 rings (SSSR count). The Morgan fingerprint density at radius 2 is 1.85 bits per heavy atom. The van der Waals surface area contributed by atoms with Crippen molar-refractivity contribution in [3.63, 3.8) is 0 Å². The summed E-state index contributed by atoms with van der Waals surface area (Å²) in [5.74, 6) is 0.692. The van der Waals surface area contributed by atoms with Crippen LogP contribution in [0.2, 0.25) is 0 Å². The third-order valence-corrected chi connectivity index (χ3v) is 5.31. The molecule has 4 heterocycles. The van der Waals surface area contributed by atoms with E-state index in [0.717, 1.165) is 51.6 Å². The van der Waals surface area contributed by atoms with Gasteiger partial charge in [-0.05, 0) is 31.5 Å². The number of nitrogens with zero attached hydrogens (tertiary/aromatic N) is 5. The summed E-state index contributed by atoms with van der Waals surface area (Å²) in [6.45, 7) is 7.11. The second-order valence-corrected chi connectivity index (χ2v) is 7.16. The molecule has 1 atom stereocenters. The summed E-state index contributed by atoms with van der Waals surface area (Å²) in [6.07, 6.45) is 9.59. The second-order valence-electron chi connectivity index (χ2n) is 7.16. The van der Waals surface area contributed by atoms with Crippen LogP contribution in [-0.4, -0.2) is 70.2 Å². The predicted molar refractivity (Wildman–Crippen MR) is 101 cm³/mol. The van der Waals surface area contributed by atoms with Gasteiger partial charge in [-0.15, -0.1) is 0 Å². The standard InChI is InChI=1S/C20H27N5O/c1-3-7-21-19(6-1)20-22-13-17(14-23-20)15-25-8-4-2-5-18(25)16-24-9-11-26-12-10-24/h1,3,6-7,13-14,18H,2,4-5,8-12,15-16H2/t18-/m0/s1. The first-order chi connectivity index (χ1) is 12.9. The highest BCUT2D eigenvalue weighted by Crippen LogP contribution is 2.21. The molecule has 2 saturated heterocycles. The largest absolute Gasteiger partial charge is 0.379 e. The van der Waals surface area contributed by atoms with Gasteiger partial charge in [-0.3, -0.25) is 14.8 Å².